The Balaban J connectivity index is 2.71. The van der Waals surface area contributed by atoms with E-state index in [-0.39, 0.29) is 12.6 Å². The minimum atomic E-state index is 0.179. The second-order valence-electron chi connectivity index (χ2n) is 3.77. The molecule has 0 spiro atoms. The fraction of sp³-hybridized carbons (Fsp3) is 0.636. The third-order valence-corrected chi connectivity index (χ3v) is 2.15. The van der Waals surface area contributed by atoms with Crippen LogP contribution in [-0.4, -0.2) is 34.3 Å². The molecule has 0 saturated heterocycles. The molecule has 5 nitrogen and oxygen atoms in total. The van der Waals surface area contributed by atoms with Crippen LogP contribution in [0.15, 0.2) is 6.07 Å². The van der Waals surface area contributed by atoms with Crippen molar-refractivity contribution in [2.75, 3.05) is 23.8 Å². The van der Waals surface area contributed by atoms with Gasteiger partial charge in [-0.05, 0) is 27.2 Å². The lowest BCUT2D eigenvalue weighted by atomic mass is 10.2. The van der Waals surface area contributed by atoms with Gasteiger partial charge in [0, 0.05) is 25.3 Å². The summed E-state index contributed by atoms with van der Waals surface area (Å²) in [7, 11) is 0. The summed E-state index contributed by atoms with van der Waals surface area (Å²) >= 11 is 0. The summed E-state index contributed by atoms with van der Waals surface area (Å²) in [5, 5.41) is 15.2. The number of aromatic nitrogens is 2. The van der Waals surface area contributed by atoms with Crippen molar-refractivity contribution in [3.05, 3.63) is 11.9 Å². The number of hydrogen-bond acceptors (Lipinski definition) is 5. The van der Waals surface area contributed by atoms with Crippen LogP contribution >= 0.6 is 0 Å². The molecule has 0 fully saturated rings. The summed E-state index contributed by atoms with van der Waals surface area (Å²) < 4.78 is 0. The Morgan fingerprint density at radius 2 is 2.06 bits per heavy atom. The van der Waals surface area contributed by atoms with Crippen LogP contribution in [0.2, 0.25) is 0 Å². The number of rotatable bonds is 6. The molecule has 1 aromatic rings. The molecular weight excluding hydrogens is 204 g/mol. The Hall–Kier alpha value is -1.36. The van der Waals surface area contributed by atoms with E-state index in [1.807, 2.05) is 26.8 Å². The zero-order valence-corrected chi connectivity index (χ0v) is 10.1. The van der Waals surface area contributed by atoms with Crippen LogP contribution in [0.3, 0.4) is 0 Å². The molecule has 0 aromatic carbocycles. The summed E-state index contributed by atoms with van der Waals surface area (Å²) in [6.45, 7) is 6.92. The molecule has 1 heterocycles. The van der Waals surface area contributed by atoms with E-state index in [2.05, 4.69) is 20.6 Å². The third-order valence-electron chi connectivity index (χ3n) is 2.15. The Bertz CT molecular complexity index is 330. The summed E-state index contributed by atoms with van der Waals surface area (Å²) in [4.78, 5) is 8.56. The molecule has 0 amide bonds. The molecule has 1 aromatic heterocycles. The Labute approximate surface area is 96.3 Å². The first-order valence-electron chi connectivity index (χ1n) is 5.62. The standard InChI is InChI=1S/C11H20N4O/c1-4-12-10-7-11(15-9(3)14-10)13-8(2)5-6-16/h7-8,16H,4-6H2,1-3H3,(H2,12,13,14,15). The van der Waals surface area contributed by atoms with E-state index >= 15 is 0 Å². The topological polar surface area (TPSA) is 70.1 Å². The first-order chi connectivity index (χ1) is 7.65. The molecule has 0 bridgehead atoms. The number of nitrogens with one attached hydrogen (secondary N) is 2. The Morgan fingerprint density at radius 1 is 1.38 bits per heavy atom. The van der Waals surface area contributed by atoms with Crippen LogP contribution in [0.4, 0.5) is 11.6 Å². The van der Waals surface area contributed by atoms with Crippen LogP contribution in [0, 0.1) is 6.92 Å². The van der Waals surface area contributed by atoms with E-state index in [0.717, 1.165) is 24.0 Å². The van der Waals surface area contributed by atoms with Gasteiger partial charge in [0.25, 0.3) is 0 Å². The van der Waals surface area contributed by atoms with Crippen molar-refractivity contribution in [2.45, 2.75) is 33.2 Å². The molecular formula is C11H20N4O. The van der Waals surface area contributed by atoms with Gasteiger partial charge in [-0.1, -0.05) is 0 Å². The molecule has 1 unspecified atom stereocenters. The SMILES string of the molecule is CCNc1cc(NC(C)CCO)nc(C)n1. The first kappa shape index (κ1) is 12.7. The lowest BCUT2D eigenvalue weighted by Gasteiger charge is -2.14. The largest absolute Gasteiger partial charge is 0.396 e. The highest BCUT2D eigenvalue weighted by Gasteiger charge is 2.04. The smallest absolute Gasteiger partial charge is 0.132 e. The van der Waals surface area contributed by atoms with Crippen molar-refractivity contribution in [2.24, 2.45) is 0 Å². The van der Waals surface area contributed by atoms with Gasteiger partial charge >= 0.3 is 0 Å². The van der Waals surface area contributed by atoms with Gasteiger partial charge < -0.3 is 15.7 Å². The van der Waals surface area contributed by atoms with Gasteiger partial charge in [0.15, 0.2) is 0 Å². The normalized spacial score (nSPS) is 12.2. The van der Waals surface area contributed by atoms with E-state index in [0.29, 0.717) is 6.42 Å². The van der Waals surface area contributed by atoms with Gasteiger partial charge in [0.1, 0.15) is 17.5 Å². The van der Waals surface area contributed by atoms with Gasteiger partial charge in [-0.3, -0.25) is 0 Å². The zero-order chi connectivity index (χ0) is 12.0. The third kappa shape index (κ3) is 4.02. The lowest BCUT2D eigenvalue weighted by Crippen LogP contribution is -2.18. The fourth-order valence-corrected chi connectivity index (χ4v) is 1.43. The summed E-state index contributed by atoms with van der Waals surface area (Å²) in [6.07, 6.45) is 0.708. The number of aliphatic hydroxyl groups excluding tert-OH is 1. The number of aliphatic hydroxyl groups is 1. The van der Waals surface area contributed by atoms with Crippen molar-refractivity contribution in [3.8, 4) is 0 Å². The molecule has 0 aliphatic rings. The quantitative estimate of drug-likeness (QED) is 0.681. The monoisotopic (exact) mass is 224 g/mol. The van der Waals surface area contributed by atoms with Crippen LogP contribution < -0.4 is 10.6 Å². The summed E-state index contributed by atoms with van der Waals surface area (Å²) in [6, 6.07) is 2.08. The molecule has 5 heteroatoms. The molecule has 0 aliphatic carbocycles. The number of aryl methyl sites for hydroxylation is 1. The van der Waals surface area contributed by atoms with E-state index in [4.69, 9.17) is 5.11 Å². The lowest BCUT2D eigenvalue weighted by molar-refractivity contribution is 0.282. The van der Waals surface area contributed by atoms with Gasteiger partial charge in [0.05, 0.1) is 0 Å². The highest BCUT2D eigenvalue weighted by atomic mass is 16.3. The maximum absolute atomic E-state index is 8.82. The van der Waals surface area contributed by atoms with Gasteiger partial charge in [0.2, 0.25) is 0 Å². The average Bonchev–Trinajstić information content (AvgIpc) is 2.17. The number of nitrogens with zero attached hydrogens (tertiary/aromatic N) is 2. The van der Waals surface area contributed by atoms with Crippen LogP contribution in [-0.2, 0) is 0 Å². The van der Waals surface area contributed by atoms with Gasteiger partial charge in [-0.2, -0.15) is 0 Å². The zero-order valence-electron chi connectivity index (χ0n) is 10.1. The van der Waals surface area contributed by atoms with Crippen molar-refractivity contribution < 1.29 is 5.11 Å². The predicted octanol–water partition coefficient (Wildman–Crippen LogP) is 1.40. The number of hydrogen-bond donors (Lipinski definition) is 3. The second kappa shape index (κ2) is 6.27. The summed E-state index contributed by atoms with van der Waals surface area (Å²) in [5.74, 6) is 2.36. The van der Waals surface area contributed by atoms with Crippen molar-refractivity contribution >= 4 is 11.6 Å². The first-order valence-corrected chi connectivity index (χ1v) is 5.62. The van der Waals surface area contributed by atoms with Crippen LogP contribution in [0.5, 0.6) is 0 Å². The highest BCUT2D eigenvalue weighted by Crippen LogP contribution is 2.12. The van der Waals surface area contributed by atoms with E-state index in [1.165, 1.54) is 0 Å². The second-order valence-corrected chi connectivity index (χ2v) is 3.77. The maximum Gasteiger partial charge on any atom is 0.132 e. The maximum atomic E-state index is 8.82. The number of anilines is 2. The summed E-state index contributed by atoms with van der Waals surface area (Å²) in [5.41, 5.74) is 0. The van der Waals surface area contributed by atoms with E-state index in [1.54, 1.807) is 0 Å². The molecule has 0 aliphatic heterocycles. The minimum Gasteiger partial charge on any atom is -0.396 e. The molecule has 1 rings (SSSR count). The molecule has 90 valence electrons. The van der Waals surface area contributed by atoms with Crippen molar-refractivity contribution in [3.63, 3.8) is 0 Å². The minimum absolute atomic E-state index is 0.179. The molecule has 1 atom stereocenters. The Morgan fingerprint density at radius 3 is 2.69 bits per heavy atom. The van der Waals surface area contributed by atoms with Crippen LogP contribution in [0.25, 0.3) is 0 Å². The Kier molecular flexibility index (Phi) is 4.98. The van der Waals surface area contributed by atoms with Crippen molar-refractivity contribution in [1.82, 2.24) is 9.97 Å². The molecule has 16 heavy (non-hydrogen) atoms. The van der Waals surface area contributed by atoms with E-state index in [9.17, 15) is 0 Å². The molecule has 0 saturated carbocycles. The van der Waals surface area contributed by atoms with Gasteiger partial charge in [-0.25, -0.2) is 9.97 Å². The average molecular weight is 224 g/mol. The molecule has 0 radical (unpaired) electrons. The fourth-order valence-electron chi connectivity index (χ4n) is 1.43. The molecule has 3 N–H and O–H groups in total. The van der Waals surface area contributed by atoms with E-state index < -0.39 is 0 Å². The van der Waals surface area contributed by atoms with Gasteiger partial charge in [-0.15, -0.1) is 0 Å². The highest BCUT2D eigenvalue weighted by molar-refractivity contribution is 5.47. The predicted molar refractivity (Wildman–Crippen MR) is 65.7 cm³/mol. The van der Waals surface area contributed by atoms with Crippen molar-refractivity contribution in [1.29, 1.82) is 0 Å². The van der Waals surface area contributed by atoms with Crippen LogP contribution in [0.1, 0.15) is 26.1 Å².